The Balaban J connectivity index is 1.57. The normalized spacial score (nSPS) is 17.1. The van der Waals surface area contributed by atoms with Gasteiger partial charge in [-0.25, -0.2) is 9.79 Å². The number of anilines is 1. The molecule has 0 spiro atoms. The van der Waals surface area contributed by atoms with Crippen LogP contribution in [0.15, 0.2) is 68.0 Å². The van der Waals surface area contributed by atoms with Crippen LogP contribution >= 0.6 is 23.5 Å². The number of aromatic hydroxyl groups is 1. The van der Waals surface area contributed by atoms with Crippen molar-refractivity contribution in [3.05, 3.63) is 86.1 Å². The summed E-state index contributed by atoms with van der Waals surface area (Å²) in [6.45, 7) is 1.90. The predicted molar refractivity (Wildman–Crippen MR) is 141 cm³/mol. The molecule has 2 amide bonds. The first-order valence-corrected chi connectivity index (χ1v) is 12.9. The molecular formula is C24H23N5O5S2. The van der Waals surface area contributed by atoms with Gasteiger partial charge in [-0.1, -0.05) is 47.7 Å². The van der Waals surface area contributed by atoms with E-state index in [2.05, 4.69) is 25.6 Å². The number of hydrogen-bond donors (Lipinski definition) is 5. The van der Waals surface area contributed by atoms with Crippen molar-refractivity contribution in [1.82, 2.24) is 15.3 Å². The van der Waals surface area contributed by atoms with Crippen LogP contribution in [-0.2, 0) is 9.59 Å². The molecule has 2 atom stereocenters. The third-order valence-corrected chi connectivity index (χ3v) is 7.19. The highest BCUT2D eigenvalue weighted by atomic mass is 32.2. The van der Waals surface area contributed by atoms with Crippen LogP contribution in [0.25, 0.3) is 0 Å². The van der Waals surface area contributed by atoms with Crippen LogP contribution in [0.4, 0.5) is 5.69 Å². The highest BCUT2D eigenvalue weighted by Gasteiger charge is 2.33. The van der Waals surface area contributed by atoms with E-state index in [1.54, 1.807) is 30.0 Å². The maximum Gasteiger partial charge on any atom is 0.328 e. The number of aromatic amines is 2. The van der Waals surface area contributed by atoms with Gasteiger partial charge in [-0.2, -0.15) is 0 Å². The first-order valence-electron chi connectivity index (χ1n) is 10.8. The number of carbonyl (C=O) groups is 2. The maximum absolute atomic E-state index is 12.6. The molecule has 0 bridgehead atoms. The summed E-state index contributed by atoms with van der Waals surface area (Å²) < 4.78 is 0. The van der Waals surface area contributed by atoms with Crippen LogP contribution in [-0.4, -0.2) is 43.6 Å². The summed E-state index contributed by atoms with van der Waals surface area (Å²) in [6.07, 6.45) is 1.85. The lowest BCUT2D eigenvalue weighted by Gasteiger charge is -2.14. The smallest absolute Gasteiger partial charge is 0.328 e. The van der Waals surface area contributed by atoms with Gasteiger partial charge in [0.1, 0.15) is 16.9 Å². The number of rotatable bonds is 7. The number of benzene rings is 2. The largest absolute Gasteiger partial charge is 0.494 e. The third kappa shape index (κ3) is 5.89. The van der Waals surface area contributed by atoms with E-state index in [1.165, 1.54) is 0 Å². The molecule has 1 aromatic heterocycles. The van der Waals surface area contributed by atoms with Crippen molar-refractivity contribution >= 4 is 46.2 Å². The second kappa shape index (κ2) is 10.9. The molecule has 2 heterocycles. The molecule has 0 saturated carbocycles. The minimum absolute atomic E-state index is 0.0846. The van der Waals surface area contributed by atoms with Crippen LogP contribution in [0.3, 0.4) is 0 Å². The molecule has 1 fully saturated rings. The van der Waals surface area contributed by atoms with Gasteiger partial charge >= 0.3 is 5.69 Å². The van der Waals surface area contributed by atoms with Crippen molar-refractivity contribution in [3.63, 3.8) is 0 Å². The zero-order valence-corrected chi connectivity index (χ0v) is 21.0. The summed E-state index contributed by atoms with van der Waals surface area (Å²) in [5, 5.41) is 15.3. The Labute approximate surface area is 214 Å². The van der Waals surface area contributed by atoms with Crippen LogP contribution in [0, 0.1) is 6.92 Å². The number of amides is 2. The van der Waals surface area contributed by atoms with Crippen molar-refractivity contribution in [3.8, 4) is 5.88 Å². The molecular weight excluding hydrogens is 502 g/mol. The highest BCUT2D eigenvalue weighted by Crippen LogP contribution is 2.32. The van der Waals surface area contributed by atoms with Crippen molar-refractivity contribution in [1.29, 1.82) is 0 Å². The summed E-state index contributed by atoms with van der Waals surface area (Å²) >= 11 is 2.61. The molecule has 2 aromatic carbocycles. The zero-order chi connectivity index (χ0) is 25.8. The molecule has 0 radical (unpaired) electrons. The number of aromatic nitrogens is 2. The van der Waals surface area contributed by atoms with Gasteiger partial charge in [0, 0.05) is 17.0 Å². The van der Waals surface area contributed by atoms with Crippen LogP contribution in [0.2, 0.25) is 0 Å². The molecule has 1 aliphatic heterocycles. The van der Waals surface area contributed by atoms with E-state index in [-0.39, 0.29) is 23.1 Å². The molecule has 1 saturated heterocycles. The lowest BCUT2D eigenvalue weighted by molar-refractivity contribution is -0.122. The van der Waals surface area contributed by atoms with Gasteiger partial charge in [-0.05, 0) is 36.9 Å². The van der Waals surface area contributed by atoms with E-state index in [4.69, 9.17) is 0 Å². The maximum atomic E-state index is 12.6. The second-order valence-electron chi connectivity index (χ2n) is 8.00. The van der Waals surface area contributed by atoms with Gasteiger partial charge in [0.05, 0.1) is 0 Å². The predicted octanol–water partition coefficient (Wildman–Crippen LogP) is 2.50. The number of H-pyrrole nitrogens is 2. The topological polar surface area (TPSA) is 157 Å². The molecule has 5 N–H and O–H groups in total. The number of aryl methyl sites for hydroxylation is 1. The minimum atomic E-state index is -1.02. The number of hydrogen-bond acceptors (Lipinski definition) is 8. The van der Waals surface area contributed by atoms with Gasteiger partial charge in [0.15, 0.2) is 5.17 Å². The summed E-state index contributed by atoms with van der Waals surface area (Å²) in [6, 6.07) is 13.5. The molecule has 1 aliphatic rings. The van der Waals surface area contributed by atoms with E-state index in [0.717, 1.165) is 22.2 Å². The van der Waals surface area contributed by atoms with E-state index in [1.807, 2.05) is 43.5 Å². The lowest BCUT2D eigenvalue weighted by Crippen LogP contribution is -2.29. The SMILES string of the molecule is CSc1cccc(NC(=O)C[C@@H]2SC(=N[C@H](c3ccc(C)cc3)c3c(O)[nH]c(=O)[nH]c3=O)NC2=O)c1. The van der Waals surface area contributed by atoms with E-state index >= 15 is 0 Å². The molecule has 12 heteroatoms. The first-order chi connectivity index (χ1) is 17.2. The Kier molecular flexibility index (Phi) is 7.65. The molecule has 3 aromatic rings. The van der Waals surface area contributed by atoms with Gasteiger partial charge in [-0.15, -0.1) is 11.8 Å². The van der Waals surface area contributed by atoms with Gasteiger partial charge in [0.2, 0.25) is 17.7 Å². The average Bonchev–Trinajstić information content (AvgIpc) is 3.16. The molecule has 4 rings (SSSR count). The Bertz CT molecular complexity index is 1450. The number of amidine groups is 1. The number of nitrogens with zero attached hydrogens (tertiary/aromatic N) is 1. The molecule has 10 nitrogen and oxygen atoms in total. The van der Waals surface area contributed by atoms with Crippen molar-refractivity contribution in [2.24, 2.45) is 4.99 Å². The van der Waals surface area contributed by atoms with Crippen molar-refractivity contribution in [2.45, 2.75) is 29.5 Å². The van der Waals surface area contributed by atoms with Crippen LogP contribution in [0.1, 0.15) is 29.2 Å². The Hall–Kier alpha value is -3.77. The number of thioether (sulfide) groups is 2. The monoisotopic (exact) mass is 525 g/mol. The fraction of sp³-hybridized carbons (Fsp3) is 0.208. The van der Waals surface area contributed by atoms with Crippen LogP contribution in [0.5, 0.6) is 5.88 Å². The summed E-state index contributed by atoms with van der Waals surface area (Å²) in [7, 11) is 0. The van der Waals surface area contributed by atoms with Crippen molar-refractivity contribution < 1.29 is 14.7 Å². The fourth-order valence-corrected chi connectivity index (χ4v) is 5.05. The Morgan fingerprint density at radius 2 is 1.92 bits per heavy atom. The van der Waals surface area contributed by atoms with Crippen molar-refractivity contribution in [2.75, 3.05) is 11.6 Å². The summed E-state index contributed by atoms with van der Waals surface area (Å²) in [5.74, 6) is -1.34. The third-order valence-electron chi connectivity index (χ3n) is 5.37. The number of nitrogens with one attached hydrogen (secondary N) is 4. The first kappa shape index (κ1) is 25.3. The molecule has 0 unspecified atom stereocenters. The quantitative estimate of drug-likeness (QED) is 0.297. The average molecular weight is 526 g/mol. The molecule has 36 heavy (non-hydrogen) atoms. The molecule has 186 valence electrons. The van der Waals surface area contributed by atoms with E-state index in [9.17, 15) is 24.3 Å². The number of carbonyl (C=O) groups excluding carboxylic acids is 2. The lowest BCUT2D eigenvalue weighted by atomic mass is 10.00. The molecule has 0 aliphatic carbocycles. The van der Waals surface area contributed by atoms with E-state index < -0.39 is 34.3 Å². The highest BCUT2D eigenvalue weighted by molar-refractivity contribution is 8.15. The van der Waals surface area contributed by atoms with Crippen LogP contribution < -0.4 is 21.9 Å². The summed E-state index contributed by atoms with van der Waals surface area (Å²) in [4.78, 5) is 59.1. The Morgan fingerprint density at radius 3 is 2.61 bits per heavy atom. The van der Waals surface area contributed by atoms with Gasteiger partial charge in [-0.3, -0.25) is 24.4 Å². The van der Waals surface area contributed by atoms with E-state index in [0.29, 0.717) is 11.3 Å². The standard InChI is InChI=1S/C24H23N5O5S2/c1-12-6-8-13(9-7-12)19(18-21(32)27-23(34)28-22(18)33)26-24-29-20(31)16(36-24)11-17(30)25-14-4-3-5-15(10-14)35-2/h3-10,16,19H,11H2,1-2H3,(H,25,30)(H,26,29,31)(H3,27,28,32,33,34)/t16-,19+/m0/s1. The summed E-state index contributed by atoms with van der Waals surface area (Å²) in [5.41, 5.74) is 0.346. The fourth-order valence-electron chi connectivity index (χ4n) is 3.59. The Morgan fingerprint density at radius 1 is 1.17 bits per heavy atom. The van der Waals surface area contributed by atoms with Gasteiger partial charge in [0.25, 0.3) is 5.56 Å². The number of aliphatic imine (C=N–C) groups is 1. The van der Waals surface area contributed by atoms with Gasteiger partial charge < -0.3 is 15.7 Å². The minimum Gasteiger partial charge on any atom is -0.494 e. The second-order valence-corrected chi connectivity index (χ2v) is 10.1. The zero-order valence-electron chi connectivity index (χ0n) is 19.3.